The fourth-order valence-electron chi connectivity index (χ4n) is 2.89. The standard InChI is InChI=1S/C19H19N3O4S/c1-3-9-20-17(24)16-12(2)11-27-19-15(18(25)22(16)19)21-14(23)10-26-13-7-5-4-6-8-13/h1,4-8,15,19H,9-11H2,2H3,(H,20,24)(H,21,23)/t15-,19-/m1/s1. The van der Waals surface area contributed by atoms with E-state index in [1.165, 1.54) is 16.7 Å². The van der Waals surface area contributed by atoms with Gasteiger partial charge in [0.15, 0.2) is 6.61 Å². The van der Waals surface area contributed by atoms with Gasteiger partial charge in [-0.3, -0.25) is 19.3 Å². The van der Waals surface area contributed by atoms with Crippen LogP contribution in [0.1, 0.15) is 6.92 Å². The second-order valence-corrected chi connectivity index (χ2v) is 7.18. The lowest BCUT2D eigenvalue weighted by atomic mass is 10.0. The van der Waals surface area contributed by atoms with Crippen molar-refractivity contribution in [3.63, 3.8) is 0 Å². The Kier molecular flexibility index (Phi) is 5.72. The van der Waals surface area contributed by atoms with Gasteiger partial charge < -0.3 is 15.4 Å². The summed E-state index contributed by atoms with van der Waals surface area (Å²) >= 11 is 1.51. The van der Waals surface area contributed by atoms with Crippen molar-refractivity contribution in [1.29, 1.82) is 0 Å². The lowest BCUT2D eigenvalue weighted by Crippen LogP contribution is -2.71. The number of fused-ring (bicyclic) bond motifs is 1. The number of amides is 3. The maximum atomic E-state index is 12.5. The van der Waals surface area contributed by atoms with Gasteiger partial charge in [0.25, 0.3) is 17.7 Å². The molecule has 8 heteroatoms. The third kappa shape index (κ3) is 3.93. The van der Waals surface area contributed by atoms with E-state index in [0.29, 0.717) is 17.2 Å². The van der Waals surface area contributed by atoms with E-state index in [1.54, 1.807) is 31.2 Å². The number of nitrogens with one attached hydrogen (secondary N) is 2. The van der Waals surface area contributed by atoms with E-state index in [4.69, 9.17) is 11.2 Å². The lowest BCUT2D eigenvalue weighted by molar-refractivity contribution is -0.148. The van der Waals surface area contributed by atoms with Gasteiger partial charge in [0, 0.05) is 5.75 Å². The number of rotatable bonds is 6. The van der Waals surface area contributed by atoms with Crippen molar-refractivity contribution < 1.29 is 19.1 Å². The summed E-state index contributed by atoms with van der Waals surface area (Å²) in [6.07, 6.45) is 5.17. The van der Waals surface area contributed by atoms with Crippen LogP contribution in [0.2, 0.25) is 0 Å². The quantitative estimate of drug-likeness (QED) is 0.550. The number of hydrogen-bond acceptors (Lipinski definition) is 5. The predicted molar refractivity (Wildman–Crippen MR) is 102 cm³/mol. The molecule has 1 saturated heterocycles. The molecular formula is C19H19N3O4S. The maximum Gasteiger partial charge on any atom is 0.268 e. The second kappa shape index (κ2) is 8.18. The summed E-state index contributed by atoms with van der Waals surface area (Å²) in [6.45, 7) is 1.71. The van der Waals surface area contributed by atoms with Crippen LogP contribution in [0.3, 0.4) is 0 Å². The average molecular weight is 385 g/mol. The summed E-state index contributed by atoms with van der Waals surface area (Å²) in [5.41, 5.74) is 1.13. The van der Waals surface area contributed by atoms with Crippen LogP contribution in [0.25, 0.3) is 0 Å². The highest BCUT2D eigenvalue weighted by molar-refractivity contribution is 8.00. The monoisotopic (exact) mass is 385 g/mol. The number of para-hydroxylation sites is 1. The van der Waals surface area contributed by atoms with Crippen LogP contribution in [0.15, 0.2) is 41.6 Å². The third-order valence-corrected chi connectivity index (χ3v) is 5.58. The highest BCUT2D eigenvalue weighted by Gasteiger charge is 2.53. The molecule has 1 aromatic rings. The molecule has 0 aromatic heterocycles. The Morgan fingerprint density at radius 3 is 2.81 bits per heavy atom. The van der Waals surface area contributed by atoms with Gasteiger partial charge in [0.05, 0.1) is 6.54 Å². The molecule has 0 unspecified atom stereocenters. The molecular weight excluding hydrogens is 366 g/mol. The van der Waals surface area contributed by atoms with Gasteiger partial charge in [-0.25, -0.2) is 0 Å². The van der Waals surface area contributed by atoms with Gasteiger partial charge in [-0.1, -0.05) is 24.1 Å². The molecule has 0 aliphatic carbocycles. The van der Waals surface area contributed by atoms with E-state index in [2.05, 4.69) is 16.6 Å². The highest BCUT2D eigenvalue weighted by Crippen LogP contribution is 2.40. The van der Waals surface area contributed by atoms with Crippen LogP contribution >= 0.6 is 11.8 Å². The maximum absolute atomic E-state index is 12.5. The van der Waals surface area contributed by atoms with Crippen molar-refractivity contribution >= 4 is 29.5 Å². The molecule has 0 saturated carbocycles. The first kappa shape index (κ1) is 18.9. The Bertz CT molecular complexity index is 831. The number of benzene rings is 1. The zero-order valence-corrected chi connectivity index (χ0v) is 15.5. The van der Waals surface area contributed by atoms with E-state index in [1.807, 2.05) is 6.07 Å². The van der Waals surface area contributed by atoms with Crippen LogP contribution in [0.4, 0.5) is 0 Å². The first-order valence-corrected chi connectivity index (χ1v) is 9.41. The summed E-state index contributed by atoms with van der Waals surface area (Å²) in [4.78, 5) is 38.4. The number of carbonyl (C=O) groups excluding carboxylic acids is 3. The van der Waals surface area contributed by atoms with E-state index >= 15 is 0 Å². The summed E-state index contributed by atoms with van der Waals surface area (Å²) in [5.74, 6) is 2.43. The topological polar surface area (TPSA) is 87.7 Å². The molecule has 2 N–H and O–H groups in total. The molecule has 2 heterocycles. The number of terminal acetylenes is 1. The SMILES string of the molecule is C#CCNC(=O)C1=C(C)CS[C@@H]2[C@H](NC(=O)COc3ccccc3)C(=O)N12. The number of β-lactam (4-membered cyclic amide) rings is 1. The van der Waals surface area contributed by atoms with Gasteiger partial charge in [-0.05, 0) is 24.6 Å². The molecule has 0 radical (unpaired) electrons. The molecule has 0 bridgehead atoms. The van der Waals surface area contributed by atoms with E-state index in [9.17, 15) is 14.4 Å². The van der Waals surface area contributed by atoms with Crippen molar-refractivity contribution in [3.05, 3.63) is 41.6 Å². The third-order valence-electron chi connectivity index (χ3n) is 4.15. The Balaban J connectivity index is 1.59. The highest BCUT2D eigenvalue weighted by atomic mass is 32.2. The van der Waals surface area contributed by atoms with Gasteiger partial charge in [0.1, 0.15) is 22.9 Å². The fourth-order valence-corrected chi connectivity index (χ4v) is 4.18. The van der Waals surface area contributed by atoms with Crippen molar-refractivity contribution in [2.75, 3.05) is 18.9 Å². The van der Waals surface area contributed by atoms with E-state index in [-0.39, 0.29) is 36.2 Å². The Morgan fingerprint density at radius 1 is 1.37 bits per heavy atom. The van der Waals surface area contributed by atoms with Crippen molar-refractivity contribution in [3.8, 4) is 18.1 Å². The van der Waals surface area contributed by atoms with E-state index < -0.39 is 6.04 Å². The van der Waals surface area contributed by atoms with Crippen LogP contribution in [0, 0.1) is 12.3 Å². The summed E-state index contributed by atoms with van der Waals surface area (Å²) in [5, 5.41) is 4.97. The first-order valence-electron chi connectivity index (χ1n) is 8.36. The van der Waals surface area contributed by atoms with Gasteiger partial charge in [-0.2, -0.15) is 0 Å². The van der Waals surface area contributed by atoms with Gasteiger partial charge >= 0.3 is 0 Å². The molecule has 1 aromatic carbocycles. The second-order valence-electron chi connectivity index (χ2n) is 6.07. The summed E-state index contributed by atoms with van der Waals surface area (Å²) in [6, 6.07) is 8.28. The minimum absolute atomic E-state index is 0.0897. The predicted octanol–water partition coefficient (Wildman–Crippen LogP) is 0.489. The molecule has 3 amide bonds. The minimum atomic E-state index is -0.676. The Morgan fingerprint density at radius 2 is 2.11 bits per heavy atom. The summed E-state index contributed by atoms with van der Waals surface area (Å²) < 4.78 is 5.39. The molecule has 0 spiro atoms. The van der Waals surface area contributed by atoms with Crippen molar-refractivity contribution in [1.82, 2.24) is 15.5 Å². The van der Waals surface area contributed by atoms with Crippen LogP contribution in [0.5, 0.6) is 5.75 Å². The zero-order chi connectivity index (χ0) is 19.4. The van der Waals surface area contributed by atoms with E-state index in [0.717, 1.165) is 5.57 Å². The molecule has 7 nitrogen and oxygen atoms in total. The van der Waals surface area contributed by atoms with Crippen LogP contribution < -0.4 is 15.4 Å². The minimum Gasteiger partial charge on any atom is -0.484 e. The molecule has 2 aliphatic heterocycles. The fraction of sp³-hybridized carbons (Fsp3) is 0.316. The van der Waals surface area contributed by atoms with Crippen LogP contribution in [-0.2, 0) is 14.4 Å². The molecule has 1 fully saturated rings. The number of nitrogens with zero attached hydrogens (tertiary/aromatic N) is 1. The number of carbonyl (C=O) groups is 3. The number of ether oxygens (including phenoxy) is 1. The van der Waals surface area contributed by atoms with Crippen molar-refractivity contribution in [2.45, 2.75) is 18.3 Å². The number of thioether (sulfide) groups is 1. The van der Waals surface area contributed by atoms with Crippen molar-refractivity contribution in [2.24, 2.45) is 0 Å². The Labute approximate surface area is 161 Å². The Hall–Kier alpha value is -2.92. The normalized spacial score (nSPS) is 20.9. The number of hydrogen-bond donors (Lipinski definition) is 2. The van der Waals surface area contributed by atoms with Gasteiger partial charge in [-0.15, -0.1) is 18.2 Å². The zero-order valence-electron chi connectivity index (χ0n) is 14.7. The smallest absolute Gasteiger partial charge is 0.268 e. The lowest BCUT2D eigenvalue weighted by Gasteiger charge is -2.49. The average Bonchev–Trinajstić information content (AvgIpc) is 2.69. The molecule has 3 rings (SSSR count). The molecule has 2 atom stereocenters. The first-order chi connectivity index (χ1) is 13.0. The summed E-state index contributed by atoms with van der Waals surface area (Å²) in [7, 11) is 0. The molecule has 2 aliphatic rings. The van der Waals surface area contributed by atoms with Crippen LogP contribution in [-0.4, -0.2) is 52.9 Å². The molecule has 27 heavy (non-hydrogen) atoms. The largest absolute Gasteiger partial charge is 0.484 e. The molecule has 140 valence electrons. The van der Waals surface area contributed by atoms with Gasteiger partial charge in [0.2, 0.25) is 0 Å².